The Kier molecular flexibility index (Phi) is 4.46. The molecule has 0 bridgehead atoms. The van der Waals surface area contributed by atoms with Crippen LogP contribution in [0.15, 0.2) is 29.6 Å². The molecule has 1 aromatic heterocycles. The second-order valence-corrected chi connectivity index (χ2v) is 5.03. The summed E-state index contributed by atoms with van der Waals surface area (Å²) in [5, 5.41) is 2.19. The van der Waals surface area contributed by atoms with E-state index in [4.69, 9.17) is 16.3 Å². The second-order valence-electron chi connectivity index (χ2n) is 3.74. The molecule has 0 N–H and O–H groups in total. The van der Waals surface area contributed by atoms with E-state index in [0.717, 1.165) is 30.0 Å². The molecule has 0 atom stereocenters. The van der Waals surface area contributed by atoms with Crippen LogP contribution < -0.4 is 4.74 Å². The van der Waals surface area contributed by atoms with Gasteiger partial charge in [0.05, 0.1) is 7.11 Å². The van der Waals surface area contributed by atoms with E-state index in [1.807, 2.05) is 18.2 Å². The second kappa shape index (κ2) is 6.08. The van der Waals surface area contributed by atoms with Crippen molar-refractivity contribution in [2.24, 2.45) is 0 Å². The van der Waals surface area contributed by atoms with Crippen molar-refractivity contribution in [2.75, 3.05) is 13.0 Å². The highest BCUT2D eigenvalue weighted by Gasteiger charge is 2.07. The number of halogens is 1. The van der Waals surface area contributed by atoms with Crippen LogP contribution in [0.25, 0.3) is 10.4 Å². The maximum atomic E-state index is 5.70. The largest absolute Gasteiger partial charge is 0.496 e. The number of methoxy groups -OCH3 is 1. The van der Waals surface area contributed by atoms with Crippen LogP contribution in [0.5, 0.6) is 5.75 Å². The Bertz CT molecular complexity index is 479. The van der Waals surface area contributed by atoms with Gasteiger partial charge in [0.25, 0.3) is 0 Å². The van der Waals surface area contributed by atoms with Gasteiger partial charge in [-0.15, -0.1) is 22.9 Å². The molecule has 2 rings (SSSR count). The van der Waals surface area contributed by atoms with Gasteiger partial charge < -0.3 is 4.74 Å². The maximum absolute atomic E-state index is 5.70. The number of alkyl halides is 1. The molecule has 1 heterocycles. The van der Waals surface area contributed by atoms with Crippen molar-refractivity contribution in [3.8, 4) is 16.2 Å². The molecule has 0 aliphatic carbocycles. The maximum Gasteiger partial charge on any atom is 0.128 e. The Balaban J connectivity index is 2.24. The van der Waals surface area contributed by atoms with E-state index in [2.05, 4.69) is 17.5 Å². The van der Waals surface area contributed by atoms with Gasteiger partial charge in [-0.1, -0.05) is 6.07 Å². The summed E-state index contributed by atoms with van der Waals surface area (Å²) in [6.45, 7) is 0. The Morgan fingerprint density at radius 2 is 2.35 bits per heavy atom. The summed E-state index contributed by atoms with van der Waals surface area (Å²) in [5.41, 5.74) is 2.48. The molecule has 0 unspecified atom stereocenters. The number of thiophene rings is 1. The third kappa shape index (κ3) is 3.02. The monoisotopic (exact) mass is 265 g/mol. The van der Waals surface area contributed by atoms with E-state index in [9.17, 15) is 0 Å². The summed E-state index contributed by atoms with van der Waals surface area (Å²) in [6, 6.07) is 11.1. The first-order valence-electron chi connectivity index (χ1n) is 5.53. The number of ether oxygens (including phenoxy) is 1. The third-order valence-corrected chi connectivity index (χ3v) is 3.84. The van der Waals surface area contributed by atoms with Crippen molar-refractivity contribution >= 4 is 22.9 Å². The van der Waals surface area contributed by atoms with E-state index in [-0.39, 0.29) is 0 Å². The minimum Gasteiger partial charge on any atom is -0.496 e. The van der Waals surface area contributed by atoms with Crippen LogP contribution in [0.2, 0.25) is 0 Å². The number of hydrogen-bond donors (Lipinski definition) is 0. The Morgan fingerprint density at radius 1 is 1.47 bits per heavy atom. The Morgan fingerprint density at radius 3 is 3.12 bits per heavy atom. The minimum atomic E-state index is 0.717. The molecule has 3 heteroatoms. The summed E-state index contributed by atoms with van der Waals surface area (Å²) in [4.78, 5) is 1.24. The molecule has 0 spiro atoms. The quantitative estimate of drug-likeness (QED) is 0.729. The lowest BCUT2D eigenvalue weighted by atomic mass is 10.1. The lowest BCUT2D eigenvalue weighted by molar-refractivity contribution is 0.416. The third-order valence-electron chi connectivity index (χ3n) is 2.56. The highest BCUT2D eigenvalue weighted by atomic mass is 35.5. The number of aryl methyl sites for hydroxylation is 1. The first-order valence-corrected chi connectivity index (χ1v) is 6.94. The van der Waals surface area contributed by atoms with Crippen LogP contribution in [0.1, 0.15) is 12.0 Å². The summed E-state index contributed by atoms with van der Waals surface area (Å²) in [5.74, 6) is 1.59. The summed E-state index contributed by atoms with van der Waals surface area (Å²) >= 11 is 7.45. The normalized spacial score (nSPS) is 10.5. The summed E-state index contributed by atoms with van der Waals surface area (Å²) < 4.78 is 5.34. The highest BCUT2D eigenvalue weighted by molar-refractivity contribution is 7.13. The topological polar surface area (TPSA) is 9.23 Å². The molecule has 0 saturated carbocycles. The van der Waals surface area contributed by atoms with Crippen molar-refractivity contribution in [2.45, 2.75) is 12.8 Å². The molecular formula is C14H14ClOS. The predicted octanol–water partition coefficient (Wildman–Crippen LogP) is 4.40. The number of rotatable bonds is 5. The van der Waals surface area contributed by atoms with Gasteiger partial charge in [0.15, 0.2) is 0 Å². The van der Waals surface area contributed by atoms with Gasteiger partial charge in [-0.05, 0) is 48.1 Å². The Hall–Kier alpha value is -0.990. The van der Waals surface area contributed by atoms with E-state index in [0.29, 0.717) is 0 Å². The van der Waals surface area contributed by atoms with Crippen molar-refractivity contribution in [3.05, 3.63) is 41.3 Å². The zero-order valence-corrected chi connectivity index (χ0v) is 11.3. The standard InChI is InChI=1S/C14H14ClOS/c1-16-13-7-3-2-6-12(13)14-9-11(10-17-14)5-4-8-15/h2,6-7,9-10H,4-5,8H2,1H3. The fourth-order valence-electron chi connectivity index (χ4n) is 1.71. The van der Waals surface area contributed by atoms with Crippen molar-refractivity contribution in [1.82, 2.24) is 0 Å². The van der Waals surface area contributed by atoms with Gasteiger partial charge in [-0.2, -0.15) is 0 Å². The van der Waals surface area contributed by atoms with Crippen molar-refractivity contribution in [1.29, 1.82) is 0 Å². The van der Waals surface area contributed by atoms with Crippen LogP contribution in [-0.4, -0.2) is 13.0 Å². The lowest BCUT2D eigenvalue weighted by Crippen LogP contribution is -1.86. The molecule has 0 amide bonds. The first kappa shape index (κ1) is 12.5. The van der Waals surface area contributed by atoms with Gasteiger partial charge in [0, 0.05) is 16.3 Å². The molecule has 0 saturated heterocycles. The van der Waals surface area contributed by atoms with Crippen LogP contribution in [0.3, 0.4) is 0 Å². The minimum absolute atomic E-state index is 0.717. The van der Waals surface area contributed by atoms with Gasteiger partial charge >= 0.3 is 0 Å². The molecule has 1 nitrogen and oxygen atoms in total. The number of hydrogen-bond acceptors (Lipinski definition) is 2. The van der Waals surface area contributed by atoms with E-state index in [1.165, 1.54) is 10.4 Å². The van der Waals surface area contributed by atoms with E-state index >= 15 is 0 Å². The molecular weight excluding hydrogens is 252 g/mol. The highest BCUT2D eigenvalue weighted by Crippen LogP contribution is 2.34. The van der Waals surface area contributed by atoms with E-state index < -0.39 is 0 Å². The van der Waals surface area contributed by atoms with Crippen molar-refractivity contribution < 1.29 is 4.74 Å². The zero-order valence-electron chi connectivity index (χ0n) is 9.70. The van der Waals surface area contributed by atoms with Crippen LogP contribution >= 0.6 is 22.9 Å². The van der Waals surface area contributed by atoms with Crippen LogP contribution in [0, 0.1) is 6.07 Å². The fourth-order valence-corrected chi connectivity index (χ4v) is 2.82. The summed E-state index contributed by atoms with van der Waals surface area (Å²) in [7, 11) is 1.69. The molecule has 0 aliphatic heterocycles. The molecule has 2 aromatic rings. The van der Waals surface area contributed by atoms with Gasteiger partial charge in [-0.3, -0.25) is 0 Å². The van der Waals surface area contributed by atoms with Gasteiger partial charge in [0.2, 0.25) is 0 Å². The van der Waals surface area contributed by atoms with Crippen LogP contribution in [0.4, 0.5) is 0 Å². The smallest absolute Gasteiger partial charge is 0.128 e. The van der Waals surface area contributed by atoms with Gasteiger partial charge in [-0.25, -0.2) is 0 Å². The molecule has 0 fully saturated rings. The molecule has 17 heavy (non-hydrogen) atoms. The first-order chi connectivity index (χ1) is 8.35. The summed E-state index contributed by atoms with van der Waals surface area (Å²) in [6.07, 6.45) is 2.07. The molecule has 1 radical (unpaired) electrons. The molecule has 0 aliphatic rings. The van der Waals surface area contributed by atoms with E-state index in [1.54, 1.807) is 18.4 Å². The number of benzene rings is 1. The zero-order chi connectivity index (χ0) is 12.1. The predicted molar refractivity (Wildman–Crippen MR) is 74.2 cm³/mol. The van der Waals surface area contributed by atoms with Gasteiger partial charge in [0.1, 0.15) is 5.75 Å². The molecule has 1 aromatic carbocycles. The SMILES string of the molecule is COc1c[c]ccc1-c1cc(CCCCl)cs1. The fraction of sp³-hybridized carbons (Fsp3) is 0.286. The lowest BCUT2D eigenvalue weighted by Gasteiger charge is -2.05. The van der Waals surface area contributed by atoms with Crippen molar-refractivity contribution in [3.63, 3.8) is 0 Å². The average molecular weight is 266 g/mol. The Labute approximate surface area is 111 Å². The average Bonchev–Trinajstić information content (AvgIpc) is 2.85. The molecule has 89 valence electrons. The van der Waals surface area contributed by atoms with Crippen LogP contribution in [-0.2, 0) is 6.42 Å².